The van der Waals surface area contributed by atoms with Gasteiger partial charge < -0.3 is 0 Å². The van der Waals surface area contributed by atoms with E-state index in [0.717, 1.165) is 130 Å². The van der Waals surface area contributed by atoms with Crippen molar-refractivity contribution in [2.75, 3.05) is 0 Å². The van der Waals surface area contributed by atoms with Crippen LogP contribution in [-0.4, -0.2) is 49.8 Å². The minimum absolute atomic E-state index is 0.603. The van der Waals surface area contributed by atoms with Crippen molar-refractivity contribution >= 4 is 0 Å². The number of nitrogens with zero attached hydrogens (tertiary/aromatic N) is 10. The van der Waals surface area contributed by atoms with Crippen LogP contribution >= 0.6 is 0 Å². The van der Waals surface area contributed by atoms with Gasteiger partial charge in [-0.25, -0.2) is 49.8 Å². The molecule has 0 saturated heterocycles. The van der Waals surface area contributed by atoms with Crippen molar-refractivity contribution in [1.82, 2.24) is 49.8 Å². The molecular weight excluding hydrogens is 1200 g/mol. The summed E-state index contributed by atoms with van der Waals surface area (Å²) in [5, 5.41) is 0. The fourth-order valence-electron chi connectivity index (χ4n) is 13.3. The maximum atomic E-state index is 5.10. The monoisotopic (exact) mass is 1250 g/mol. The predicted molar refractivity (Wildman–Crippen MR) is 393 cm³/mol. The van der Waals surface area contributed by atoms with Gasteiger partial charge in [0.05, 0.1) is 22.8 Å². The minimum atomic E-state index is 0.603. The van der Waals surface area contributed by atoms with Gasteiger partial charge in [0.15, 0.2) is 34.9 Å². The summed E-state index contributed by atoms with van der Waals surface area (Å²) in [4.78, 5) is 49.4. The Morgan fingerprint density at radius 1 is 0.173 bits per heavy atom. The molecule has 460 valence electrons. The Morgan fingerprint density at radius 2 is 0.408 bits per heavy atom. The quantitative estimate of drug-likeness (QED) is 0.117. The number of fused-ring (bicyclic) bond motifs is 6. The topological polar surface area (TPSA) is 129 Å². The minimum Gasteiger partial charge on any atom is -0.236 e. The van der Waals surface area contributed by atoms with Crippen LogP contribution in [0.4, 0.5) is 0 Å². The molecule has 10 nitrogen and oxygen atoms in total. The molecule has 0 bridgehead atoms. The Labute approximate surface area is 567 Å². The highest BCUT2D eigenvalue weighted by Crippen LogP contribution is 2.42. The highest BCUT2D eigenvalue weighted by atomic mass is 15.0. The first-order valence-corrected chi connectivity index (χ1v) is 32.8. The SMILES string of the molecule is c1ccc(-c2ccc(-c3nc(-c4cccc(-c5ccccc5)c4)nc(-c4cccc(-c5ncnc6c5Cc5ccccc5-6)c4)n3)cc2)cc1.c1ccc(-c2cccc(-c3nc(-c4cccc(-c5ccccc5)c4)nc(-c4cccc(-c5ncnc6c5Cc5ccccc5-6)c4)n3)c2)cc1. The van der Waals surface area contributed by atoms with Crippen molar-refractivity contribution in [2.24, 2.45) is 0 Å². The molecule has 0 saturated carbocycles. The largest absolute Gasteiger partial charge is 0.236 e. The van der Waals surface area contributed by atoms with Gasteiger partial charge in [0.25, 0.3) is 0 Å². The lowest BCUT2D eigenvalue weighted by Crippen LogP contribution is -2.01. The van der Waals surface area contributed by atoms with E-state index in [2.05, 4.69) is 301 Å². The van der Waals surface area contributed by atoms with Gasteiger partial charge in [-0.15, -0.1) is 0 Å². The van der Waals surface area contributed by atoms with Gasteiger partial charge in [-0.05, 0) is 86.0 Å². The zero-order chi connectivity index (χ0) is 65.1. The molecule has 0 amide bonds. The lowest BCUT2D eigenvalue weighted by molar-refractivity contribution is 1.07. The van der Waals surface area contributed by atoms with E-state index in [1.54, 1.807) is 12.7 Å². The summed E-state index contributed by atoms with van der Waals surface area (Å²) in [5.41, 5.74) is 27.6. The molecule has 0 unspecified atom stereocenters. The highest BCUT2D eigenvalue weighted by Gasteiger charge is 2.26. The number of rotatable bonds is 12. The Hall–Kier alpha value is -13.2. The van der Waals surface area contributed by atoms with Gasteiger partial charge in [0.2, 0.25) is 0 Å². The van der Waals surface area contributed by atoms with Crippen molar-refractivity contribution in [3.8, 4) is 158 Å². The molecule has 0 spiro atoms. The summed E-state index contributed by atoms with van der Waals surface area (Å²) in [6.07, 6.45) is 4.95. The molecule has 98 heavy (non-hydrogen) atoms. The molecule has 12 aromatic carbocycles. The molecule has 0 atom stereocenters. The third-order valence-corrected chi connectivity index (χ3v) is 18.2. The molecule has 16 aromatic rings. The predicted octanol–water partition coefficient (Wildman–Crippen LogP) is 20.5. The second-order valence-electron chi connectivity index (χ2n) is 24.3. The zero-order valence-electron chi connectivity index (χ0n) is 53.1. The molecule has 2 aliphatic rings. The van der Waals surface area contributed by atoms with Crippen LogP contribution in [0.5, 0.6) is 0 Å². The fourth-order valence-corrected chi connectivity index (χ4v) is 13.3. The van der Waals surface area contributed by atoms with Crippen LogP contribution in [0, 0.1) is 0 Å². The van der Waals surface area contributed by atoms with Crippen LogP contribution in [0.15, 0.2) is 328 Å². The molecule has 0 fully saturated rings. The summed E-state index contributed by atoms with van der Waals surface area (Å²) in [5.74, 6) is 3.68. The number of benzene rings is 12. The van der Waals surface area contributed by atoms with Gasteiger partial charge >= 0.3 is 0 Å². The fraction of sp³-hybridized carbons (Fsp3) is 0.0227. The molecule has 18 rings (SSSR count). The maximum Gasteiger partial charge on any atom is 0.164 e. The lowest BCUT2D eigenvalue weighted by Gasteiger charge is -2.12. The lowest BCUT2D eigenvalue weighted by atomic mass is 10.0. The highest BCUT2D eigenvalue weighted by molar-refractivity contribution is 5.85. The van der Waals surface area contributed by atoms with Gasteiger partial charge in [-0.1, -0.05) is 285 Å². The van der Waals surface area contributed by atoms with Gasteiger partial charge in [-0.2, -0.15) is 0 Å². The third-order valence-electron chi connectivity index (χ3n) is 18.2. The van der Waals surface area contributed by atoms with E-state index in [1.807, 2.05) is 24.3 Å². The third kappa shape index (κ3) is 11.8. The number of hydrogen-bond acceptors (Lipinski definition) is 10. The van der Waals surface area contributed by atoms with E-state index in [1.165, 1.54) is 27.8 Å². The molecule has 4 heterocycles. The number of aromatic nitrogens is 10. The number of hydrogen-bond donors (Lipinski definition) is 0. The first-order chi connectivity index (χ1) is 48.5. The van der Waals surface area contributed by atoms with Gasteiger partial charge in [-0.3, -0.25) is 0 Å². The van der Waals surface area contributed by atoms with Crippen molar-refractivity contribution < 1.29 is 0 Å². The Balaban J connectivity index is 0.000000147. The Morgan fingerprint density at radius 3 is 0.755 bits per heavy atom. The van der Waals surface area contributed by atoms with Crippen LogP contribution < -0.4 is 0 Å². The van der Waals surface area contributed by atoms with E-state index >= 15 is 0 Å². The summed E-state index contributed by atoms with van der Waals surface area (Å²) in [7, 11) is 0. The van der Waals surface area contributed by atoms with Crippen molar-refractivity contribution in [3.63, 3.8) is 0 Å². The molecule has 0 aliphatic heterocycles. The summed E-state index contributed by atoms with van der Waals surface area (Å²) in [6.45, 7) is 0. The second-order valence-corrected chi connectivity index (χ2v) is 24.3. The molecular formula is C88H58N10. The van der Waals surface area contributed by atoms with E-state index in [4.69, 9.17) is 39.9 Å². The van der Waals surface area contributed by atoms with Gasteiger partial charge in [0.1, 0.15) is 12.7 Å². The van der Waals surface area contributed by atoms with Crippen LogP contribution in [0.1, 0.15) is 22.3 Å². The average Bonchev–Trinajstić information content (AvgIpc) is 1.55. The summed E-state index contributed by atoms with van der Waals surface area (Å²) >= 11 is 0. The van der Waals surface area contributed by atoms with Gasteiger partial charge in [0, 0.05) is 79.6 Å². The zero-order valence-corrected chi connectivity index (χ0v) is 53.1. The Bertz CT molecular complexity index is 5530. The van der Waals surface area contributed by atoms with Crippen LogP contribution in [0.2, 0.25) is 0 Å². The molecule has 4 aromatic heterocycles. The molecule has 0 radical (unpaired) electrons. The molecule has 2 aliphatic carbocycles. The first-order valence-electron chi connectivity index (χ1n) is 32.8. The standard InChI is InChI=1S/2C44H29N5/c1-3-12-29(13-4-1)31-17-9-20-35(24-31)42-47-43(36-21-10-18-32(25-36)30-14-5-2-6-15-30)49-44(48-42)37-22-11-19-34(26-37)40-39-27-33-16-7-8-23-38(33)41(39)46-28-45-40;1-3-11-29(12-4-1)31-21-23-32(24-22-31)42-47-43(36-18-9-16-33(25-36)30-13-5-2-6-14-30)49-44(48-42)37-19-10-17-35(26-37)40-39-27-34-15-7-8-20-38(34)41(39)46-28-45-40/h2*1-26,28H,27H2. The summed E-state index contributed by atoms with van der Waals surface area (Å²) in [6, 6.07) is 109. The van der Waals surface area contributed by atoms with Crippen molar-refractivity contribution in [2.45, 2.75) is 12.8 Å². The van der Waals surface area contributed by atoms with E-state index in [9.17, 15) is 0 Å². The second kappa shape index (κ2) is 26.0. The van der Waals surface area contributed by atoms with Crippen LogP contribution in [-0.2, 0) is 12.8 Å². The van der Waals surface area contributed by atoms with Crippen LogP contribution in [0.25, 0.3) is 158 Å². The molecule has 0 N–H and O–H groups in total. The smallest absolute Gasteiger partial charge is 0.164 e. The Kier molecular flexibility index (Phi) is 15.5. The summed E-state index contributed by atoms with van der Waals surface area (Å²) < 4.78 is 0. The first kappa shape index (κ1) is 58.6. The van der Waals surface area contributed by atoms with E-state index in [-0.39, 0.29) is 0 Å². The normalized spacial score (nSPS) is 11.6. The molecule has 10 heteroatoms. The van der Waals surface area contributed by atoms with Crippen LogP contribution in [0.3, 0.4) is 0 Å². The van der Waals surface area contributed by atoms with Crippen molar-refractivity contribution in [1.29, 1.82) is 0 Å². The van der Waals surface area contributed by atoms with Crippen molar-refractivity contribution in [3.05, 3.63) is 350 Å². The van der Waals surface area contributed by atoms with E-state index < -0.39 is 0 Å². The maximum absolute atomic E-state index is 5.10. The van der Waals surface area contributed by atoms with E-state index in [0.29, 0.717) is 34.9 Å². The average molecular weight is 1260 g/mol.